The smallest absolute Gasteiger partial charge is 0.344 e. The van der Waals surface area contributed by atoms with Gasteiger partial charge in [0.25, 0.3) is 0 Å². The number of carbonyl (C=O) groups excluding carboxylic acids is 2. The van der Waals surface area contributed by atoms with Crippen molar-refractivity contribution >= 4 is 34.2 Å². The minimum absolute atomic E-state index is 0.0162. The van der Waals surface area contributed by atoms with Gasteiger partial charge in [-0.2, -0.15) is 0 Å². The van der Waals surface area contributed by atoms with Crippen LogP contribution in [0.5, 0.6) is 0 Å². The van der Waals surface area contributed by atoms with Crippen LogP contribution in [0.1, 0.15) is 24.2 Å². The first kappa shape index (κ1) is 15.3. The lowest BCUT2D eigenvalue weighted by Gasteiger charge is -2.04. The van der Waals surface area contributed by atoms with Crippen LogP contribution in [0, 0.1) is 0 Å². The topological polar surface area (TPSA) is 76.0 Å². The van der Waals surface area contributed by atoms with Crippen LogP contribution in [0.15, 0.2) is 40.6 Å². The number of hydrogen-bond donors (Lipinski definition) is 1. The number of rotatable bonds is 4. The highest BCUT2D eigenvalue weighted by Gasteiger charge is 2.29. The number of thioether (sulfide) groups is 1. The van der Waals surface area contributed by atoms with Crippen LogP contribution in [-0.2, 0) is 9.53 Å². The fraction of sp³-hybridized carbons (Fsp3) is 0.267. The predicted molar refractivity (Wildman–Crippen MR) is 82.3 cm³/mol. The van der Waals surface area contributed by atoms with Gasteiger partial charge in [0.1, 0.15) is 16.4 Å². The Kier molecular flexibility index (Phi) is 4.80. The van der Waals surface area contributed by atoms with Gasteiger partial charge in [-0.15, -0.1) is 0 Å². The van der Waals surface area contributed by atoms with Crippen LogP contribution in [0.4, 0.5) is 5.69 Å². The molecule has 1 aliphatic heterocycles. The van der Waals surface area contributed by atoms with Crippen molar-refractivity contribution in [2.45, 2.75) is 13.8 Å². The van der Waals surface area contributed by atoms with Gasteiger partial charge >= 0.3 is 5.97 Å². The monoisotopic (exact) mass is 305 g/mol. The van der Waals surface area contributed by atoms with Crippen molar-refractivity contribution in [3.05, 3.63) is 41.2 Å². The number of benzene rings is 1. The van der Waals surface area contributed by atoms with Crippen molar-refractivity contribution in [1.82, 2.24) is 0 Å². The Morgan fingerprint density at radius 1 is 1.33 bits per heavy atom. The Hall–Kier alpha value is -2.08. The summed E-state index contributed by atoms with van der Waals surface area (Å²) in [6, 6.07) is 6.74. The van der Waals surface area contributed by atoms with E-state index in [1.807, 2.05) is 0 Å². The van der Waals surface area contributed by atoms with Crippen LogP contribution in [-0.4, -0.2) is 34.3 Å². The SMILES string of the molecule is CCOC(=O)C1=C(O)CSC1=Nc1ccc(C(C)=O)cc1. The van der Waals surface area contributed by atoms with Crippen molar-refractivity contribution in [1.29, 1.82) is 0 Å². The average molecular weight is 305 g/mol. The summed E-state index contributed by atoms with van der Waals surface area (Å²) < 4.78 is 4.92. The molecule has 6 heteroatoms. The standard InChI is InChI=1S/C15H15NO4S/c1-3-20-15(19)13-12(18)8-21-14(13)16-11-6-4-10(5-7-11)9(2)17/h4-7,18H,3,8H2,1-2H3. The number of nitrogens with zero attached hydrogens (tertiary/aromatic N) is 1. The molecule has 1 aromatic carbocycles. The van der Waals surface area contributed by atoms with Crippen molar-refractivity contribution in [2.24, 2.45) is 4.99 Å². The van der Waals surface area contributed by atoms with Crippen molar-refractivity contribution in [2.75, 3.05) is 12.4 Å². The molecule has 0 bridgehead atoms. The zero-order valence-electron chi connectivity index (χ0n) is 11.8. The second-order valence-corrected chi connectivity index (χ2v) is 5.31. The molecule has 1 aromatic rings. The highest BCUT2D eigenvalue weighted by Crippen LogP contribution is 2.30. The Balaban J connectivity index is 2.28. The van der Waals surface area contributed by atoms with Gasteiger partial charge in [-0.25, -0.2) is 9.79 Å². The molecule has 0 aromatic heterocycles. The molecule has 0 atom stereocenters. The molecule has 0 radical (unpaired) electrons. The highest BCUT2D eigenvalue weighted by molar-refractivity contribution is 8.15. The summed E-state index contributed by atoms with van der Waals surface area (Å²) in [5.74, 6) is -0.302. The van der Waals surface area contributed by atoms with E-state index in [0.29, 0.717) is 22.0 Å². The molecular formula is C15H15NO4S. The zero-order valence-corrected chi connectivity index (χ0v) is 12.6. The van der Waals surface area contributed by atoms with Gasteiger partial charge in [0.15, 0.2) is 5.78 Å². The molecule has 1 heterocycles. The molecule has 0 saturated carbocycles. The quantitative estimate of drug-likeness (QED) is 0.683. The first-order chi connectivity index (χ1) is 10.0. The minimum atomic E-state index is -0.570. The van der Waals surface area contributed by atoms with E-state index >= 15 is 0 Å². The highest BCUT2D eigenvalue weighted by atomic mass is 32.2. The Morgan fingerprint density at radius 3 is 2.57 bits per heavy atom. The lowest BCUT2D eigenvalue weighted by atomic mass is 10.1. The largest absolute Gasteiger partial charge is 0.510 e. The molecule has 0 fully saturated rings. The van der Waals surface area contributed by atoms with Gasteiger partial charge in [-0.05, 0) is 38.1 Å². The van der Waals surface area contributed by atoms with Gasteiger partial charge in [0.2, 0.25) is 0 Å². The third-order valence-electron chi connectivity index (χ3n) is 2.83. The number of aliphatic hydroxyl groups excluding tert-OH is 1. The maximum atomic E-state index is 11.8. The zero-order chi connectivity index (χ0) is 15.4. The van der Waals surface area contributed by atoms with Gasteiger partial charge in [-0.3, -0.25) is 4.79 Å². The minimum Gasteiger partial charge on any atom is -0.510 e. The molecule has 0 spiro atoms. The first-order valence-corrected chi connectivity index (χ1v) is 7.43. The van der Waals surface area contributed by atoms with E-state index in [1.54, 1.807) is 31.2 Å². The van der Waals surface area contributed by atoms with E-state index < -0.39 is 5.97 Å². The van der Waals surface area contributed by atoms with Crippen molar-refractivity contribution in [3.8, 4) is 0 Å². The number of aliphatic imine (C=N–C) groups is 1. The van der Waals surface area contributed by atoms with Crippen LogP contribution >= 0.6 is 11.8 Å². The molecule has 0 saturated heterocycles. The van der Waals surface area contributed by atoms with E-state index in [9.17, 15) is 14.7 Å². The Bertz CT molecular complexity index is 632. The summed E-state index contributed by atoms with van der Waals surface area (Å²) >= 11 is 1.28. The van der Waals surface area contributed by atoms with E-state index in [-0.39, 0.29) is 23.7 Å². The Morgan fingerprint density at radius 2 is 2.00 bits per heavy atom. The van der Waals surface area contributed by atoms with E-state index in [4.69, 9.17) is 4.74 Å². The van der Waals surface area contributed by atoms with Gasteiger partial charge < -0.3 is 9.84 Å². The summed E-state index contributed by atoms with van der Waals surface area (Å²) in [6.07, 6.45) is 0. The summed E-state index contributed by atoms with van der Waals surface area (Å²) in [6.45, 7) is 3.43. The molecule has 21 heavy (non-hydrogen) atoms. The number of ether oxygens (including phenoxy) is 1. The van der Waals surface area contributed by atoms with Gasteiger partial charge in [0, 0.05) is 5.56 Å². The van der Waals surface area contributed by atoms with E-state index in [0.717, 1.165) is 0 Å². The third-order valence-corrected chi connectivity index (χ3v) is 3.82. The first-order valence-electron chi connectivity index (χ1n) is 6.45. The molecule has 1 aliphatic rings. The van der Waals surface area contributed by atoms with Crippen LogP contribution in [0.2, 0.25) is 0 Å². The van der Waals surface area contributed by atoms with Crippen LogP contribution in [0.3, 0.4) is 0 Å². The number of aliphatic hydroxyl groups is 1. The average Bonchev–Trinajstić information content (AvgIpc) is 2.80. The lowest BCUT2D eigenvalue weighted by Crippen LogP contribution is -2.12. The Labute approximate surface area is 126 Å². The summed E-state index contributed by atoms with van der Waals surface area (Å²) in [7, 11) is 0. The number of carbonyl (C=O) groups is 2. The van der Waals surface area contributed by atoms with Gasteiger partial charge in [0.05, 0.1) is 18.0 Å². The fourth-order valence-corrected chi connectivity index (χ4v) is 2.72. The van der Waals surface area contributed by atoms with Crippen LogP contribution < -0.4 is 0 Å². The number of ketones is 1. The van der Waals surface area contributed by atoms with Crippen molar-refractivity contribution < 1.29 is 19.4 Å². The number of esters is 1. The molecule has 2 rings (SSSR count). The second-order valence-electron chi connectivity index (χ2n) is 4.35. The number of Topliss-reactive ketones (excluding diaryl/α,β-unsaturated/α-hetero) is 1. The molecule has 0 aliphatic carbocycles. The molecule has 0 unspecified atom stereocenters. The molecule has 1 N–H and O–H groups in total. The third kappa shape index (κ3) is 3.52. The molecular weight excluding hydrogens is 290 g/mol. The van der Waals surface area contributed by atoms with Crippen LogP contribution in [0.25, 0.3) is 0 Å². The fourth-order valence-electron chi connectivity index (χ4n) is 1.79. The summed E-state index contributed by atoms with van der Waals surface area (Å²) in [5, 5.41) is 10.2. The van der Waals surface area contributed by atoms with E-state index in [1.165, 1.54) is 18.7 Å². The summed E-state index contributed by atoms with van der Waals surface area (Å²) in [4.78, 5) is 27.4. The lowest BCUT2D eigenvalue weighted by molar-refractivity contribution is -0.138. The normalized spacial score (nSPS) is 16.4. The van der Waals surface area contributed by atoms with Crippen molar-refractivity contribution in [3.63, 3.8) is 0 Å². The molecule has 5 nitrogen and oxygen atoms in total. The number of hydrogen-bond acceptors (Lipinski definition) is 6. The maximum Gasteiger partial charge on any atom is 0.344 e. The maximum absolute atomic E-state index is 11.8. The van der Waals surface area contributed by atoms with Gasteiger partial charge in [-0.1, -0.05) is 11.8 Å². The van der Waals surface area contributed by atoms with E-state index in [2.05, 4.69) is 4.99 Å². The molecule has 110 valence electrons. The predicted octanol–water partition coefficient (Wildman–Crippen LogP) is 3.04. The molecule has 0 amide bonds. The summed E-state index contributed by atoms with van der Waals surface area (Å²) in [5.41, 5.74) is 1.33. The second kappa shape index (κ2) is 6.58.